The molecule has 2 aromatic rings. The van der Waals surface area contributed by atoms with Gasteiger partial charge in [-0.05, 0) is 42.5 Å². The molecule has 5 heteroatoms. The minimum Gasteiger partial charge on any atom is -0.351 e. The average Bonchev–Trinajstić information content (AvgIpc) is 2.58. The number of rotatable bonds is 5. The van der Waals surface area contributed by atoms with E-state index in [1.807, 2.05) is 24.3 Å². The Bertz CT molecular complexity index is 742. The SMILES string of the molecule is N#Cc1ccc(C(=O)NCCSc2cccc(C#N)c2)cc1. The molecule has 22 heavy (non-hydrogen) atoms. The zero-order chi connectivity index (χ0) is 15.8. The molecule has 0 atom stereocenters. The van der Waals surface area contributed by atoms with Crippen LogP contribution in [0, 0.1) is 22.7 Å². The van der Waals surface area contributed by atoms with E-state index in [1.54, 1.807) is 42.1 Å². The lowest BCUT2D eigenvalue weighted by Crippen LogP contribution is -2.25. The molecule has 108 valence electrons. The van der Waals surface area contributed by atoms with Crippen LogP contribution in [0.2, 0.25) is 0 Å². The van der Waals surface area contributed by atoms with E-state index in [-0.39, 0.29) is 5.91 Å². The summed E-state index contributed by atoms with van der Waals surface area (Å²) < 4.78 is 0. The van der Waals surface area contributed by atoms with E-state index in [9.17, 15) is 4.79 Å². The molecule has 0 bridgehead atoms. The number of hydrogen-bond acceptors (Lipinski definition) is 4. The van der Waals surface area contributed by atoms with Gasteiger partial charge < -0.3 is 5.32 Å². The fourth-order valence-electron chi connectivity index (χ4n) is 1.79. The van der Waals surface area contributed by atoms with E-state index >= 15 is 0 Å². The average molecular weight is 307 g/mol. The number of carbonyl (C=O) groups is 1. The van der Waals surface area contributed by atoms with Crippen molar-refractivity contribution in [1.29, 1.82) is 10.5 Å². The lowest BCUT2D eigenvalue weighted by molar-refractivity contribution is 0.0956. The number of nitrogens with zero attached hydrogens (tertiary/aromatic N) is 2. The van der Waals surface area contributed by atoms with Crippen molar-refractivity contribution in [2.75, 3.05) is 12.3 Å². The summed E-state index contributed by atoms with van der Waals surface area (Å²) in [4.78, 5) is 12.9. The van der Waals surface area contributed by atoms with Gasteiger partial charge >= 0.3 is 0 Å². The Balaban J connectivity index is 1.79. The van der Waals surface area contributed by atoms with E-state index in [0.29, 0.717) is 23.2 Å². The normalized spacial score (nSPS) is 9.55. The molecule has 0 aliphatic carbocycles. The minimum absolute atomic E-state index is 0.157. The highest BCUT2D eigenvalue weighted by atomic mass is 32.2. The molecule has 0 saturated carbocycles. The molecular weight excluding hydrogens is 294 g/mol. The van der Waals surface area contributed by atoms with Crippen LogP contribution in [-0.4, -0.2) is 18.2 Å². The third kappa shape index (κ3) is 4.37. The van der Waals surface area contributed by atoms with Gasteiger partial charge in [-0.1, -0.05) is 6.07 Å². The first-order valence-electron chi connectivity index (χ1n) is 6.64. The number of amides is 1. The first kappa shape index (κ1) is 15.6. The van der Waals surface area contributed by atoms with Crippen LogP contribution in [0.25, 0.3) is 0 Å². The number of nitriles is 2. The van der Waals surface area contributed by atoms with Gasteiger partial charge in [0.15, 0.2) is 0 Å². The Kier molecular flexibility index (Phi) is 5.59. The summed E-state index contributed by atoms with van der Waals surface area (Å²) in [5, 5.41) is 20.4. The summed E-state index contributed by atoms with van der Waals surface area (Å²) in [5.74, 6) is 0.563. The fourth-order valence-corrected chi connectivity index (χ4v) is 2.61. The van der Waals surface area contributed by atoms with Crippen molar-refractivity contribution < 1.29 is 4.79 Å². The van der Waals surface area contributed by atoms with E-state index in [4.69, 9.17) is 10.5 Å². The Labute approximate surface area is 133 Å². The van der Waals surface area contributed by atoms with Crippen LogP contribution in [-0.2, 0) is 0 Å². The van der Waals surface area contributed by atoms with Crippen molar-refractivity contribution in [3.05, 3.63) is 65.2 Å². The molecule has 1 amide bonds. The largest absolute Gasteiger partial charge is 0.351 e. The van der Waals surface area contributed by atoms with Crippen molar-refractivity contribution in [1.82, 2.24) is 5.32 Å². The van der Waals surface area contributed by atoms with Crippen molar-refractivity contribution in [2.24, 2.45) is 0 Å². The topological polar surface area (TPSA) is 76.7 Å². The van der Waals surface area contributed by atoms with Gasteiger partial charge in [0.05, 0.1) is 23.3 Å². The quantitative estimate of drug-likeness (QED) is 0.680. The molecule has 0 fully saturated rings. The number of nitrogens with one attached hydrogen (secondary N) is 1. The summed E-state index contributed by atoms with van der Waals surface area (Å²) in [6.45, 7) is 0.528. The van der Waals surface area contributed by atoms with Gasteiger partial charge in [-0.25, -0.2) is 0 Å². The molecule has 1 N–H and O–H groups in total. The lowest BCUT2D eigenvalue weighted by atomic mass is 10.1. The van der Waals surface area contributed by atoms with Gasteiger partial charge in [-0.2, -0.15) is 10.5 Å². The van der Waals surface area contributed by atoms with E-state index in [1.165, 1.54) is 0 Å². The highest BCUT2D eigenvalue weighted by molar-refractivity contribution is 7.99. The standard InChI is InChI=1S/C17H13N3OS/c18-11-13-4-6-15(7-5-13)17(21)20-8-9-22-16-3-1-2-14(10-16)12-19/h1-7,10H,8-9H2,(H,20,21). The number of carbonyl (C=O) groups excluding carboxylic acids is 1. The van der Waals surface area contributed by atoms with Gasteiger partial charge in [0.1, 0.15) is 0 Å². The molecular formula is C17H13N3OS. The van der Waals surface area contributed by atoms with Crippen LogP contribution in [0.4, 0.5) is 0 Å². The Hall–Kier alpha value is -2.76. The number of hydrogen-bond donors (Lipinski definition) is 1. The van der Waals surface area contributed by atoms with Crippen LogP contribution in [0.3, 0.4) is 0 Å². The van der Waals surface area contributed by atoms with E-state index in [0.717, 1.165) is 10.6 Å². The molecule has 0 heterocycles. The van der Waals surface area contributed by atoms with Gasteiger partial charge in [0.2, 0.25) is 0 Å². The van der Waals surface area contributed by atoms with Gasteiger partial charge in [0.25, 0.3) is 5.91 Å². The summed E-state index contributed by atoms with van der Waals surface area (Å²) in [6, 6.07) is 18.0. The smallest absolute Gasteiger partial charge is 0.251 e. The number of thioether (sulfide) groups is 1. The maximum absolute atomic E-state index is 11.9. The second-order valence-corrected chi connectivity index (χ2v) is 5.60. The molecule has 0 unspecified atom stereocenters. The molecule has 4 nitrogen and oxygen atoms in total. The first-order chi connectivity index (χ1) is 10.7. The zero-order valence-corrected chi connectivity index (χ0v) is 12.6. The van der Waals surface area contributed by atoms with Crippen LogP contribution in [0.1, 0.15) is 21.5 Å². The monoisotopic (exact) mass is 307 g/mol. The molecule has 0 aliphatic rings. The van der Waals surface area contributed by atoms with Crippen LogP contribution in [0.15, 0.2) is 53.4 Å². The highest BCUT2D eigenvalue weighted by Gasteiger charge is 2.04. The fraction of sp³-hybridized carbons (Fsp3) is 0.118. The minimum atomic E-state index is -0.157. The lowest BCUT2D eigenvalue weighted by Gasteiger charge is -2.05. The van der Waals surface area contributed by atoms with Crippen molar-refractivity contribution >= 4 is 17.7 Å². The van der Waals surface area contributed by atoms with Crippen LogP contribution < -0.4 is 5.32 Å². The molecule has 2 aromatic carbocycles. The maximum Gasteiger partial charge on any atom is 0.251 e. The molecule has 0 saturated heterocycles. The third-order valence-corrected chi connectivity index (χ3v) is 3.89. The molecule has 0 spiro atoms. The second-order valence-electron chi connectivity index (χ2n) is 4.43. The number of benzene rings is 2. The molecule has 0 radical (unpaired) electrons. The Morgan fingerprint density at radius 2 is 1.77 bits per heavy atom. The van der Waals surface area contributed by atoms with Crippen LogP contribution >= 0.6 is 11.8 Å². The predicted octanol–water partition coefficient (Wildman–Crippen LogP) is 2.95. The van der Waals surface area contributed by atoms with Crippen molar-refractivity contribution in [3.63, 3.8) is 0 Å². The first-order valence-corrected chi connectivity index (χ1v) is 7.63. The highest BCUT2D eigenvalue weighted by Crippen LogP contribution is 2.18. The van der Waals surface area contributed by atoms with E-state index < -0.39 is 0 Å². The third-order valence-electron chi connectivity index (χ3n) is 2.90. The zero-order valence-electron chi connectivity index (χ0n) is 11.7. The predicted molar refractivity (Wildman–Crippen MR) is 85.4 cm³/mol. The summed E-state index contributed by atoms with van der Waals surface area (Å²) in [6.07, 6.45) is 0. The second kappa shape index (κ2) is 7.87. The summed E-state index contributed by atoms with van der Waals surface area (Å²) in [7, 11) is 0. The van der Waals surface area contributed by atoms with Gasteiger partial charge in [-0.15, -0.1) is 11.8 Å². The van der Waals surface area contributed by atoms with Gasteiger partial charge in [-0.3, -0.25) is 4.79 Å². The van der Waals surface area contributed by atoms with Crippen LogP contribution in [0.5, 0.6) is 0 Å². The summed E-state index contributed by atoms with van der Waals surface area (Å²) in [5.41, 5.74) is 1.70. The van der Waals surface area contributed by atoms with Crippen molar-refractivity contribution in [3.8, 4) is 12.1 Å². The Morgan fingerprint density at radius 1 is 1.05 bits per heavy atom. The Morgan fingerprint density at radius 3 is 2.45 bits per heavy atom. The maximum atomic E-state index is 11.9. The molecule has 0 aromatic heterocycles. The van der Waals surface area contributed by atoms with E-state index in [2.05, 4.69) is 11.4 Å². The van der Waals surface area contributed by atoms with Crippen molar-refractivity contribution in [2.45, 2.75) is 4.90 Å². The molecule has 2 rings (SSSR count). The van der Waals surface area contributed by atoms with Gasteiger partial charge in [0, 0.05) is 22.8 Å². The molecule has 0 aliphatic heterocycles. The summed E-state index contributed by atoms with van der Waals surface area (Å²) >= 11 is 1.58.